The largest absolute Gasteiger partial charge is 0.477 e. The van der Waals surface area contributed by atoms with Crippen LogP contribution in [0.25, 0.3) is 0 Å². The van der Waals surface area contributed by atoms with E-state index < -0.39 is 470 Å². The Morgan fingerprint density at radius 3 is 0.890 bits per heavy atom. The topological polar surface area (TPSA) is 1060 Å². The summed E-state index contributed by atoms with van der Waals surface area (Å²) in [6.07, 6.45) is -114. The van der Waals surface area contributed by atoms with E-state index in [0.29, 0.717) is 0 Å². The van der Waals surface area contributed by atoms with Crippen LogP contribution in [0.4, 0.5) is 0 Å². The fraction of sp³-hybridized carbons (Fsp3) is 0.925. The van der Waals surface area contributed by atoms with Gasteiger partial charge in [0.2, 0.25) is 23.6 Å². The van der Waals surface area contributed by atoms with Crippen LogP contribution >= 0.6 is 0 Å². The molecule has 0 aromatic carbocycles. The summed E-state index contributed by atoms with van der Waals surface area (Å²) in [4.78, 5) is 78.4. The van der Waals surface area contributed by atoms with Crippen LogP contribution in [0.15, 0.2) is 0 Å². The molecule has 0 radical (unpaired) electrons. The highest BCUT2D eigenvalue weighted by atomic mass is 16.8. The van der Waals surface area contributed by atoms with Gasteiger partial charge in [-0.15, -0.1) is 0 Å². The quantitative estimate of drug-likeness (QED) is 0.0270. The van der Waals surface area contributed by atoms with Gasteiger partial charge in [-0.25, -0.2) is 9.59 Å². The molecular formula is C80H134N6O60. The molecule has 11 saturated heterocycles. The van der Waals surface area contributed by atoms with Gasteiger partial charge >= 0.3 is 11.9 Å². The lowest BCUT2D eigenvalue weighted by Crippen LogP contribution is -2.71. The van der Waals surface area contributed by atoms with Gasteiger partial charge in [-0.05, 0) is 0 Å². The summed E-state index contributed by atoms with van der Waals surface area (Å²) < 4.78 is 125. The van der Waals surface area contributed by atoms with E-state index in [4.69, 9.17) is 111 Å². The number of aliphatic hydroxyl groups excluding tert-OH is 31. The van der Waals surface area contributed by atoms with Crippen molar-refractivity contribution in [2.24, 2.45) is 11.5 Å². The van der Waals surface area contributed by atoms with Crippen LogP contribution in [0.3, 0.4) is 0 Å². The summed E-state index contributed by atoms with van der Waals surface area (Å²) in [5.41, 5.74) is 12.0. The van der Waals surface area contributed by atoms with Crippen LogP contribution in [-0.4, -0.2) is 625 Å². The lowest BCUT2D eigenvalue weighted by molar-refractivity contribution is -0.401. The molecule has 844 valence electrons. The summed E-state index contributed by atoms with van der Waals surface area (Å²) >= 11 is 0. The van der Waals surface area contributed by atoms with Crippen LogP contribution in [0, 0.1) is 0 Å². The van der Waals surface area contributed by atoms with Gasteiger partial charge in [0.05, 0.1) is 97.0 Å². The third kappa shape index (κ3) is 26.0. The maximum Gasteiger partial charge on any atom is 0.364 e. The highest BCUT2D eigenvalue weighted by molar-refractivity contribution is 5.77. The number of carboxylic acid groups (broad SMARTS) is 2. The average molecular weight is 2140 g/mol. The maximum absolute atomic E-state index is 13.3. The third-order valence-electron chi connectivity index (χ3n) is 26.7. The molecule has 11 heterocycles. The zero-order valence-corrected chi connectivity index (χ0v) is 77.9. The van der Waals surface area contributed by atoms with Gasteiger partial charge in [0.15, 0.2) is 56.6 Å². The number of carbonyl (C=O) groups excluding carboxylic acids is 4. The molecule has 0 unspecified atom stereocenters. The van der Waals surface area contributed by atoms with Gasteiger partial charge in [-0.1, -0.05) is 0 Å². The number of nitrogens with two attached hydrogens (primary N) is 2. The second-order valence-corrected chi connectivity index (χ2v) is 36.8. The molecule has 11 aliphatic rings. The minimum Gasteiger partial charge on any atom is -0.477 e. The number of hydrogen-bond donors (Lipinski definition) is 39. The Balaban J connectivity index is 0.907. The third-order valence-corrected chi connectivity index (χ3v) is 26.7. The Morgan fingerprint density at radius 2 is 0.562 bits per heavy atom. The number of amides is 4. The number of carbonyl (C=O) groups is 6. The van der Waals surface area contributed by atoms with Gasteiger partial charge in [0.25, 0.3) is 11.6 Å². The van der Waals surface area contributed by atoms with Crippen LogP contribution in [0.1, 0.15) is 40.5 Å². The van der Waals surface area contributed by atoms with E-state index >= 15 is 0 Å². The molecule has 0 aromatic heterocycles. The van der Waals surface area contributed by atoms with Crippen molar-refractivity contribution in [2.75, 3.05) is 72.7 Å². The maximum atomic E-state index is 13.3. The molecule has 57 atom stereocenters. The molecule has 41 N–H and O–H groups in total. The first-order valence-corrected chi connectivity index (χ1v) is 46.1. The van der Waals surface area contributed by atoms with Gasteiger partial charge in [-0.2, -0.15) is 0 Å². The number of ether oxygens (including phenoxy) is 21. The fourth-order valence-corrected chi connectivity index (χ4v) is 18.9. The number of aliphatic hydroxyl groups is 31. The van der Waals surface area contributed by atoms with Crippen molar-refractivity contribution in [2.45, 2.75) is 389 Å². The van der Waals surface area contributed by atoms with Crippen LogP contribution in [0.2, 0.25) is 0 Å². The molecule has 0 spiro atoms. The Hall–Kier alpha value is -5.34. The predicted octanol–water partition coefficient (Wildman–Crippen LogP) is -26.1. The Morgan fingerprint density at radius 1 is 0.301 bits per heavy atom. The first-order valence-electron chi connectivity index (χ1n) is 46.1. The smallest absolute Gasteiger partial charge is 0.364 e. The number of aliphatic carboxylic acids is 2. The van der Waals surface area contributed by atoms with E-state index in [1.807, 2.05) is 0 Å². The van der Waals surface area contributed by atoms with E-state index in [0.717, 1.165) is 27.7 Å². The molecule has 11 aliphatic heterocycles. The van der Waals surface area contributed by atoms with Gasteiger partial charge in [0.1, 0.15) is 256 Å². The minimum atomic E-state index is -3.27. The van der Waals surface area contributed by atoms with Crippen molar-refractivity contribution in [1.29, 1.82) is 0 Å². The first kappa shape index (κ1) is 121. The predicted molar refractivity (Wildman–Crippen MR) is 447 cm³/mol. The van der Waals surface area contributed by atoms with Crippen molar-refractivity contribution in [1.82, 2.24) is 21.3 Å². The Kier molecular flexibility index (Phi) is 42.9. The number of nitrogens with one attached hydrogen (secondary N) is 4. The number of carboxylic acids is 2. The normalized spacial score (nSPS) is 47.5. The van der Waals surface area contributed by atoms with Crippen LogP contribution in [0.5, 0.6) is 0 Å². The van der Waals surface area contributed by atoms with Gasteiger partial charge in [0, 0.05) is 40.5 Å². The van der Waals surface area contributed by atoms with E-state index in [2.05, 4.69) is 21.3 Å². The monoisotopic (exact) mass is 2140 g/mol. The highest BCUT2D eigenvalue weighted by Gasteiger charge is 2.66. The fourth-order valence-electron chi connectivity index (χ4n) is 18.9. The molecule has 0 aliphatic carbocycles. The van der Waals surface area contributed by atoms with Crippen molar-refractivity contribution in [3.63, 3.8) is 0 Å². The number of rotatable bonds is 41. The molecular weight excluding hydrogens is 2000 g/mol. The summed E-state index contributed by atoms with van der Waals surface area (Å²) in [5, 5.41) is 380. The molecule has 11 fully saturated rings. The van der Waals surface area contributed by atoms with Crippen molar-refractivity contribution >= 4 is 35.6 Å². The molecule has 0 saturated carbocycles. The van der Waals surface area contributed by atoms with Gasteiger partial charge < -0.3 is 301 Å². The molecule has 0 aromatic rings. The first-order chi connectivity index (χ1) is 68.8. The zero-order valence-electron chi connectivity index (χ0n) is 77.9. The second kappa shape index (κ2) is 51.8. The SMILES string of the molecule is CC(=O)N[C@@H]1[C@@H](O)[C@H](O[C@@H]2O[C@H](CO)[C@@H](O[C@@H]3O[C@H](CO[C@H]4O[C@H](CO)[C@@H](O)[C@H](O)[C@@H]4O[C@@H]4O[C@H](CO)[C@@H](O[C@@H]5O[C@H](CO)[C@H](O)[C@H](O[C@]6(C(=O)O)C[C@H](O)[C@@H](N)[C@H]([C@H](O)[C@H](O)CO)O6)[C@H]5O)[C@H](O)[C@H]4NC(C)=O)[C@@H](O)[C@H](O[C@H]4O[C@H](CO)[C@@H](O)[C@H](O)[C@@H]4O[C@@H]4O[C@H](CO)[C@@H](O[C@@H]5O[C@H](CO)[C@H](O)[C@H](O[C@]6(C(=O)O)C[C@H](O)[C@@H](N)[C@H]([C@H](O)[C@H](O)CO)O6)[C@H]5O)[C@H](O)[C@H]4NC(C)=O)[C@@H]3O)[C@H](O)[C@H]2NC(C)=O)[C@@H](CO)O[C@H]1O. The van der Waals surface area contributed by atoms with Crippen molar-refractivity contribution < 1.29 is 297 Å². The molecule has 66 heteroatoms. The summed E-state index contributed by atoms with van der Waals surface area (Å²) in [6, 6.07) is -11.5. The molecule has 146 heavy (non-hydrogen) atoms. The minimum absolute atomic E-state index is 0.837. The molecule has 4 amide bonds. The Bertz CT molecular complexity index is 4150. The van der Waals surface area contributed by atoms with Crippen molar-refractivity contribution in [3.05, 3.63) is 0 Å². The number of hydrogen-bond acceptors (Lipinski definition) is 60. The average Bonchev–Trinajstić information content (AvgIpc) is 0.756. The van der Waals surface area contributed by atoms with E-state index in [1.165, 1.54) is 0 Å². The Labute approximate surface area is 824 Å². The van der Waals surface area contributed by atoms with Crippen LogP contribution in [-0.2, 0) is 128 Å². The lowest BCUT2D eigenvalue weighted by Gasteiger charge is -2.51. The van der Waals surface area contributed by atoms with Crippen molar-refractivity contribution in [3.8, 4) is 0 Å². The molecule has 66 nitrogen and oxygen atoms in total. The summed E-state index contributed by atoms with van der Waals surface area (Å²) in [5.74, 6) is -14.8. The zero-order chi connectivity index (χ0) is 108. The van der Waals surface area contributed by atoms with Gasteiger partial charge in [-0.3, -0.25) is 19.2 Å². The molecule has 0 bridgehead atoms. The highest BCUT2D eigenvalue weighted by Crippen LogP contribution is 2.45. The summed E-state index contributed by atoms with van der Waals surface area (Å²) in [6.45, 7) is -10.2. The van der Waals surface area contributed by atoms with E-state index in [1.54, 1.807) is 0 Å². The van der Waals surface area contributed by atoms with E-state index in [9.17, 15) is 197 Å². The molecule has 11 rings (SSSR count). The van der Waals surface area contributed by atoms with E-state index in [-0.39, 0.29) is 0 Å². The van der Waals surface area contributed by atoms with Crippen LogP contribution < -0.4 is 32.7 Å². The summed E-state index contributed by atoms with van der Waals surface area (Å²) in [7, 11) is 0. The lowest BCUT2D eigenvalue weighted by atomic mass is 9.88. The standard InChI is InChI=1S/C80H134N6O60/c1-18(97)83-37-48(112)57(30(13-93)127-68(37)121)136-69-38(84-19(2)98)49(113)58(31(14-94)132-69)137-72-54(118)63(140-76-67(53(117)44(108)27(10-90)131-76)142-71-40(86-21(4)100)51(115)60(33(16-96)134-71)139-74-56(120)65(46(110)29(12-92)129-74)146-80(78(124)125)6-23(102)36(82)62(144-80)42(106)25(104)8-88)47(111)34(135-72)17-126-75-66(52(116)43(107)26(9-89)130-75)141-70-39(85-20(3)99)50(114)59(32(15-95)133-70)138-73-55(119)64(45(109)28(11-91)128-73)145-79(77(122)123)5-22(101)35(81)61(143-79)41(105)24(103)7-87/h22-76,87-96,101-121H,5-17,81-82H2,1-4H3,(H,83,97)(H,84,98)(H,85,99)(H,86,100)(H,122,123)(H,124,125)/t22-,23-,24+,25+,26+,27+,28+,29+,30+,31+,32+,33+,34+,35+,36+,37+,38+,39+,40+,41+,42+,43+,44+,45-,46-,47+,48+,49+,50+,51+,52-,53-,54-,55+,56+,57+,58+,59+,60+,61+,62+,63-,64-,65-,66-,67-,68+,69-,70-,71-,72-,73-,74-,75-,76+,79-,80-/m0/s1. The second-order valence-electron chi connectivity index (χ2n) is 36.8.